The first-order chi connectivity index (χ1) is 10.5. The number of sulfonamides is 1. The van der Waals surface area contributed by atoms with E-state index in [0.29, 0.717) is 19.6 Å². The molecule has 0 bridgehead atoms. The number of carbonyl (C=O) groups excluding carboxylic acids is 1. The average Bonchev–Trinajstić information content (AvgIpc) is 2.91. The topological polar surface area (TPSA) is 120 Å². The molecule has 1 aromatic heterocycles. The first-order valence-electron chi connectivity index (χ1n) is 7.04. The molecule has 2 heterocycles. The highest BCUT2D eigenvalue weighted by atomic mass is 35.5. The highest BCUT2D eigenvalue weighted by Gasteiger charge is 2.25. The van der Waals surface area contributed by atoms with Gasteiger partial charge in [0.15, 0.2) is 0 Å². The predicted octanol–water partition coefficient (Wildman–Crippen LogP) is -0.710. The molecule has 1 aromatic rings. The van der Waals surface area contributed by atoms with Gasteiger partial charge >= 0.3 is 0 Å². The maximum Gasteiger partial charge on any atom is 0.242 e. The van der Waals surface area contributed by atoms with Crippen LogP contribution in [0.5, 0.6) is 0 Å². The lowest BCUT2D eigenvalue weighted by Crippen LogP contribution is -2.36. The Morgan fingerprint density at radius 1 is 1.38 bits per heavy atom. The van der Waals surface area contributed by atoms with Crippen molar-refractivity contribution in [2.45, 2.75) is 17.4 Å². The fourth-order valence-electron chi connectivity index (χ4n) is 2.15. The van der Waals surface area contributed by atoms with E-state index in [4.69, 9.17) is 0 Å². The van der Waals surface area contributed by atoms with Crippen LogP contribution in [0.15, 0.2) is 29.4 Å². The van der Waals surface area contributed by atoms with Crippen molar-refractivity contribution in [1.29, 1.82) is 0 Å². The van der Waals surface area contributed by atoms with Gasteiger partial charge in [-0.25, -0.2) is 13.1 Å². The molecule has 11 heteroatoms. The first kappa shape index (κ1) is 23.0. The lowest BCUT2D eigenvalue weighted by Gasteiger charge is -2.14. The molecule has 24 heavy (non-hydrogen) atoms. The van der Waals surface area contributed by atoms with Crippen LogP contribution in [0.3, 0.4) is 0 Å². The van der Waals surface area contributed by atoms with Crippen molar-refractivity contribution in [2.24, 2.45) is 5.92 Å². The number of carbonyl (C=O) groups is 1. The van der Waals surface area contributed by atoms with Crippen molar-refractivity contribution in [3.63, 3.8) is 0 Å². The minimum Gasteiger partial charge on any atom is -0.391 e. The number of hydrogen-bond acceptors (Lipinski definition) is 6. The van der Waals surface area contributed by atoms with Gasteiger partial charge in [0.2, 0.25) is 15.9 Å². The summed E-state index contributed by atoms with van der Waals surface area (Å²) in [5, 5.41) is 15.3. The van der Waals surface area contributed by atoms with Gasteiger partial charge < -0.3 is 15.7 Å². The van der Waals surface area contributed by atoms with E-state index in [1.165, 1.54) is 24.5 Å². The molecule has 0 saturated carbocycles. The molecule has 1 saturated heterocycles. The average molecular weight is 401 g/mol. The van der Waals surface area contributed by atoms with Gasteiger partial charge in [-0.3, -0.25) is 9.78 Å². The highest BCUT2D eigenvalue weighted by Crippen LogP contribution is 2.07. The Labute approximate surface area is 153 Å². The number of aliphatic hydroxyl groups is 1. The van der Waals surface area contributed by atoms with E-state index < -0.39 is 16.1 Å². The SMILES string of the molecule is Cl.Cl.O=C(CCNS(=O)(=O)c1cccnc1)NCC1CNCC1O. The highest BCUT2D eigenvalue weighted by molar-refractivity contribution is 7.89. The summed E-state index contributed by atoms with van der Waals surface area (Å²) >= 11 is 0. The van der Waals surface area contributed by atoms with Crippen LogP contribution in [0, 0.1) is 5.92 Å². The molecule has 0 aromatic carbocycles. The lowest BCUT2D eigenvalue weighted by atomic mass is 10.1. The Morgan fingerprint density at radius 3 is 2.71 bits per heavy atom. The van der Waals surface area contributed by atoms with E-state index in [1.807, 2.05) is 0 Å². The summed E-state index contributed by atoms with van der Waals surface area (Å²) in [7, 11) is -3.64. The summed E-state index contributed by atoms with van der Waals surface area (Å²) in [5.41, 5.74) is 0. The van der Waals surface area contributed by atoms with Gasteiger partial charge in [0.25, 0.3) is 0 Å². The second-order valence-electron chi connectivity index (χ2n) is 5.13. The number of β-amino-alcohol motifs (C(OH)–C–C–N with tert-alkyl or cyclic N) is 1. The van der Waals surface area contributed by atoms with Gasteiger partial charge in [0.05, 0.1) is 6.10 Å². The molecule has 138 valence electrons. The number of pyridine rings is 1. The Balaban J connectivity index is 0.00000264. The number of halogens is 2. The fourth-order valence-corrected chi connectivity index (χ4v) is 3.14. The predicted molar refractivity (Wildman–Crippen MR) is 93.9 cm³/mol. The van der Waals surface area contributed by atoms with E-state index >= 15 is 0 Å². The van der Waals surface area contributed by atoms with E-state index in [2.05, 4.69) is 20.3 Å². The maximum absolute atomic E-state index is 11.9. The number of aliphatic hydroxyl groups excluding tert-OH is 1. The van der Waals surface area contributed by atoms with E-state index in [0.717, 1.165) is 0 Å². The molecule has 0 aliphatic carbocycles. The maximum atomic E-state index is 11.9. The number of amides is 1. The van der Waals surface area contributed by atoms with Crippen LogP contribution in [0.25, 0.3) is 0 Å². The number of aromatic nitrogens is 1. The van der Waals surface area contributed by atoms with E-state index in [9.17, 15) is 18.3 Å². The van der Waals surface area contributed by atoms with Crippen molar-refractivity contribution in [3.05, 3.63) is 24.5 Å². The molecule has 2 atom stereocenters. The summed E-state index contributed by atoms with van der Waals surface area (Å²) in [4.78, 5) is 15.5. The third-order valence-electron chi connectivity index (χ3n) is 3.45. The quantitative estimate of drug-likeness (QED) is 0.479. The molecule has 1 fully saturated rings. The van der Waals surface area contributed by atoms with Gasteiger partial charge in [-0.1, -0.05) is 0 Å². The zero-order chi connectivity index (χ0) is 16.0. The molecular formula is C13H22Cl2N4O4S. The van der Waals surface area contributed by atoms with Gasteiger partial charge in [0.1, 0.15) is 4.90 Å². The van der Waals surface area contributed by atoms with Crippen LogP contribution < -0.4 is 15.4 Å². The fraction of sp³-hybridized carbons (Fsp3) is 0.538. The molecule has 1 amide bonds. The summed E-state index contributed by atoms with van der Waals surface area (Å²) < 4.78 is 26.2. The van der Waals surface area contributed by atoms with Gasteiger partial charge in [-0.05, 0) is 12.1 Å². The zero-order valence-electron chi connectivity index (χ0n) is 12.8. The van der Waals surface area contributed by atoms with Crippen LogP contribution in [-0.2, 0) is 14.8 Å². The molecule has 0 radical (unpaired) electrons. The summed E-state index contributed by atoms with van der Waals surface area (Å²) in [5.74, 6) is -0.260. The van der Waals surface area contributed by atoms with Crippen molar-refractivity contribution < 1.29 is 18.3 Å². The minimum atomic E-state index is -3.64. The van der Waals surface area contributed by atoms with Crippen LogP contribution >= 0.6 is 24.8 Å². The Bertz CT molecular complexity index is 603. The normalized spacial score (nSPS) is 19.9. The number of hydrogen-bond donors (Lipinski definition) is 4. The summed E-state index contributed by atoms with van der Waals surface area (Å²) in [6, 6.07) is 2.96. The summed E-state index contributed by atoms with van der Waals surface area (Å²) in [6.45, 7) is 1.58. The van der Waals surface area contributed by atoms with Crippen molar-refractivity contribution in [3.8, 4) is 0 Å². The minimum absolute atomic E-state index is 0. The van der Waals surface area contributed by atoms with Crippen molar-refractivity contribution in [1.82, 2.24) is 20.3 Å². The van der Waals surface area contributed by atoms with Crippen LogP contribution in [0.2, 0.25) is 0 Å². The van der Waals surface area contributed by atoms with Crippen molar-refractivity contribution in [2.75, 3.05) is 26.2 Å². The van der Waals surface area contributed by atoms with E-state index in [1.54, 1.807) is 0 Å². The van der Waals surface area contributed by atoms with Crippen LogP contribution in [0.4, 0.5) is 0 Å². The number of nitrogens with one attached hydrogen (secondary N) is 3. The zero-order valence-corrected chi connectivity index (χ0v) is 15.3. The van der Waals surface area contributed by atoms with Crippen molar-refractivity contribution >= 4 is 40.7 Å². The Kier molecular flexibility index (Phi) is 10.4. The monoisotopic (exact) mass is 400 g/mol. The smallest absolute Gasteiger partial charge is 0.242 e. The summed E-state index contributed by atoms with van der Waals surface area (Å²) in [6.07, 6.45) is 2.31. The largest absolute Gasteiger partial charge is 0.391 e. The van der Waals surface area contributed by atoms with Crippen LogP contribution in [-0.4, -0.2) is 56.7 Å². The lowest BCUT2D eigenvalue weighted by molar-refractivity contribution is -0.121. The van der Waals surface area contributed by atoms with Crippen LogP contribution in [0.1, 0.15) is 6.42 Å². The number of nitrogens with zero attached hydrogens (tertiary/aromatic N) is 1. The van der Waals surface area contributed by atoms with Gasteiger partial charge in [0, 0.05) is 50.9 Å². The third-order valence-corrected chi connectivity index (χ3v) is 4.90. The molecule has 2 rings (SSSR count). The number of rotatable bonds is 7. The molecule has 8 nitrogen and oxygen atoms in total. The standard InChI is InChI=1S/C13H20N4O4S.2ClH/c18-12-9-15-6-10(12)7-16-13(19)3-5-17-22(20,21)11-2-1-4-14-8-11;;/h1-2,4,8,10,12,15,17-18H,3,5-7,9H2,(H,16,19);2*1H. The van der Waals surface area contributed by atoms with Gasteiger partial charge in [-0.2, -0.15) is 0 Å². The molecule has 0 spiro atoms. The third kappa shape index (κ3) is 6.88. The molecule has 1 aliphatic rings. The first-order valence-corrected chi connectivity index (χ1v) is 8.52. The molecule has 2 unspecified atom stereocenters. The molecule has 1 aliphatic heterocycles. The second kappa shape index (κ2) is 10.8. The van der Waals surface area contributed by atoms with E-state index in [-0.39, 0.29) is 54.5 Å². The Hall–Kier alpha value is -0.970. The Morgan fingerprint density at radius 2 is 2.12 bits per heavy atom. The molecular weight excluding hydrogens is 379 g/mol. The second-order valence-corrected chi connectivity index (χ2v) is 6.89. The molecule has 4 N–H and O–H groups in total. The van der Waals surface area contributed by atoms with Gasteiger partial charge in [-0.15, -0.1) is 24.8 Å².